The fourth-order valence-electron chi connectivity index (χ4n) is 3.33. The van der Waals surface area contributed by atoms with Crippen LogP contribution in [0.3, 0.4) is 0 Å². The number of halogens is 3. The van der Waals surface area contributed by atoms with Gasteiger partial charge in [0, 0.05) is 17.2 Å². The number of carbonyl (C=O) groups excluding carboxylic acids is 1. The molecule has 1 atom stereocenters. The van der Waals surface area contributed by atoms with Crippen LogP contribution < -0.4 is 5.32 Å². The second-order valence-corrected chi connectivity index (χ2v) is 6.95. The number of amides is 1. The first-order chi connectivity index (χ1) is 13.1. The first-order valence-corrected chi connectivity index (χ1v) is 8.86. The summed E-state index contributed by atoms with van der Waals surface area (Å²) < 4.78 is 40.3. The molecule has 28 heavy (non-hydrogen) atoms. The van der Waals surface area contributed by atoms with Crippen LogP contribution in [0, 0.1) is 19.8 Å². The molecule has 1 fully saturated rings. The van der Waals surface area contributed by atoms with Gasteiger partial charge >= 0.3 is 12.1 Å². The summed E-state index contributed by atoms with van der Waals surface area (Å²) in [5.74, 6) is -1.77. The van der Waals surface area contributed by atoms with Crippen LogP contribution in [0.2, 0.25) is 0 Å². The van der Waals surface area contributed by atoms with Gasteiger partial charge in [-0.1, -0.05) is 12.5 Å². The number of carboxylic acid groups (broad SMARTS) is 1. The highest BCUT2D eigenvalue weighted by atomic mass is 19.4. The van der Waals surface area contributed by atoms with E-state index in [2.05, 4.69) is 10.4 Å². The van der Waals surface area contributed by atoms with Gasteiger partial charge in [-0.15, -0.1) is 0 Å². The quantitative estimate of drug-likeness (QED) is 0.811. The van der Waals surface area contributed by atoms with Crippen LogP contribution in [-0.4, -0.2) is 26.8 Å². The van der Waals surface area contributed by atoms with Gasteiger partial charge in [0.1, 0.15) is 0 Å². The Kier molecular flexibility index (Phi) is 5.18. The Hall–Kier alpha value is -2.84. The maximum absolute atomic E-state index is 13.0. The molecule has 1 amide bonds. The molecule has 9 heteroatoms. The molecule has 1 aliphatic carbocycles. The Balaban J connectivity index is 1.98. The van der Waals surface area contributed by atoms with Gasteiger partial charge in [0.25, 0.3) is 0 Å². The molecule has 0 saturated heterocycles. The van der Waals surface area contributed by atoms with Crippen molar-refractivity contribution in [3.05, 3.63) is 46.8 Å². The van der Waals surface area contributed by atoms with Crippen LogP contribution in [0.25, 0.3) is 5.69 Å². The number of aromatic nitrogens is 2. The average Bonchev–Trinajstić information content (AvgIpc) is 2.85. The fourth-order valence-corrected chi connectivity index (χ4v) is 3.33. The number of benzene rings is 1. The van der Waals surface area contributed by atoms with Gasteiger partial charge in [-0.3, -0.25) is 4.79 Å². The predicted octanol–water partition coefficient (Wildman–Crippen LogP) is 3.55. The molecule has 0 bridgehead atoms. The van der Waals surface area contributed by atoms with Crippen molar-refractivity contribution >= 4 is 11.9 Å². The van der Waals surface area contributed by atoms with E-state index in [1.807, 2.05) is 0 Å². The fraction of sp³-hybridized carbons (Fsp3) is 0.421. The highest BCUT2D eigenvalue weighted by Crippen LogP contribution is 2.32. The van der Waals surface area contributed by atoms with Gasteiger partial charge < -0.3 is 10.4 Å². The topological polar surface area (TPSA) is 84.2 Å². The molecule has 1 unspecified atom stereocenters. The number of hydrogen-bond donors (Lipinski definition) is 2. The van der Waals surface area contributed by atoms with Crippen molar-refractivity contribution in [2.75, 3.05) is 0 Å². The molecule has 1 aliphatic rings. The van der Waals surface area contributed by atoms with Crippen molar-refractivity contribution in [1.29, 1.82) is 0 Å². The summed E-state index contributed by atoms with van der Waals surface area (Å²) in [6, 6.07) is 3.32. The summed E-state index contributed by atoms with van der Waals surface area (Å²) in [7, 11) is 0. The van der Waals surface area contributed by atoms with Crippen LogP contribution in [0.5, 0.6) is 0 Å². The van der Waals surface area contributed by atoms with Crippen LogP contribution in [-0.2, 0) is 15.8 Å². The monoisotopic (exact) mass is 395 g/mol. The maximum atomic E-state index is 13.0. The summed E-state index contributed by atoms with van der Waals surface area (Å²) in [5.41, 5.74) is 0.301. The average molecular weight is 395 g/mol. The second kappa shape index (κ2) is 7.29. The van der Waals surface area contributed by atoms with Crippen LogP contribution >= 0.6 is 0 Å². The van der Waals surface area contributed by atoms with Gasteiger partial charge in [0.05, 0.1) is 16.9 Å². The van der Waals surface area contributed by atoms with Crippen molar-refractivity contribution in [1.82, 2.24) is 15.1 Å². The van der Waals surface area contributed by atoms with E-state index in [1.54, 1.807) is 13.8 Å². The van der Waals surface area contributed by atoms with E-state index < -0.39 is 23.8 Å². The van der Waals surface area contributed by atoms with Crippen LogP contribution in [0.4, 0.5) is 13.2 Å². The van der Waals surface area contributed by atoms with E-state index in [0.29, 0.717) is 11.4 Å². The Morgan fingerprint density at radius 3 is 2.50 bits per heavy atom. The Bertz CT molecular complexity index is 917. The molecule has 2 aromatic rings. The zero-order valence-corrected chi connectivity index (χ0v) is 15.4. The van der Waals surface area contributed by atoms with Gasteiger partial charge in [-0.2, -0.15) is 18.3 Å². The third-order valence-electron chi connectivity index (χ3n) is 5.06. The van der Waals surface area contributed by atoms with Gasteiger partial charge in [-0.05, 0) is 44.9 Å². The van der Waals surface area contributed by atoms with E-state index in [1.165, 1.54) is 16.8 Å². The molecule has 2 N–H and O–H groups in total. The van der Waals surface area contributed by atoms with Crippen molar-refractivity contribution in [3.8, 4) is 5.69 Å². The van der Waals surface area contributed by atoms with Crippen molar-refractivity contribution in [3.63, 3.8) is 0 Å². The summed E-state index contributed by atoms with van der Waals surface area (Å²) in [6.07, 6.45) is -2.13. The number of carboxylic acids is 1. The molecular weight excluding hydrogens is 375 g/mol. The minimum Gasteiger partial charge on any atom is -0.479 e. The molecule has 1 aromatic heterocycles. The number of hydrogen-bond acceptors (Lipinski definition) is 3. The second-order valence-electron chi connectivity index (χ2n) is 6.95. The SMILES string of the molecule is Cc1nn(-c2cccc(C(F)(F)F)c2)c(C)c1C(NC(=O)C1CCC1)C(=O)O. The predicted molar refractivity (Wildman–Crippen MR) is 93.9 cm³/mol. The number of alkyl halides is 3. The molecule has 6 nitrogen and oxygen atoms in total. The van der Waals surface area contributed by atoms with Crippen LogP contribution in [0.15, 0.2) is 24.3 Å². The summed E-state index contributed by atoms with van der Waals surface area (Å²) >= 11 is 0. The lowest BCUT2D eigenvalue weighted by Crippen LogP contribution is -2.40. The molecule has 0 aliphatic heterocycles. The lowest BCUT2D eigenvalue weighted by atomic mass is 9.84. The molecule has 150 valence electrons. The minimum atomic E-state index is -4.50. The first-order valence-electron chi connectivity index (χ1n) is 8.86. The maximum Gasteiger partial charge on any atom is 0.416 e. The Morgan fingerprint density at radius 2 is 1.96 bits per heavy atom. The van der Waals surface area contributed by atoms with E-state index in [-0.39, 0.29) is 23.1 Å². The normalized spacial score (nSPS) is 15.8. The Labute approximate surface area is 159 Å². The summed E-state index contributed by atoms with van der Waals surface area (Å²) in [4.78, 5) is 24.0. The zero-order valence-electron chi connectivity index (χ0n) is 15.4. The molecule has 0 radical (unpaired) electrons. The first kappa shape index (κ1) is 19.9. The molecular formula is C19H20F3N3O3. The third-order valence-corrected chi connectivity index (χ3v) is 5.06. The van der Waals surface area contributed by atoms with Gasteiger partial charge in [0.2, 0.25) is 5.91 Å². The number of aliphatic carboxylic acids is 1. The van der Waals surface area contributed by atoms with Gasteiger partial charge in [-0.25, -0.2) is 9.48 Å². The molecule has 1 saturated carbocycles. The smallest absolute Gasteiger partial charge is 0.416 e. The third kappa shape index (κ3) is 3.74. The lowest BCUT2D eigenvalue weighted by Gasteiger charge is -2.26. The van der Waals surface area contributed by atoms with E-state index in [4.69, 9.17) is 0 Å². The van der Waals surface area contributed by atoms with Crippen molar-refractivity contribution in [2.24, 2.45) is 5.92 Å². The number of nitrogens with zero attached hydrogens (tertiary/aromatic N) is 2. The minimum absolute atomic E-state index is 0.163. The standard InChI is InChI=1S/C19H20F3N3O3/c1-10-15(16(18(27)28)23-17(26)12-5-3-6-12)11(2)25(24-10)14-8-4-7-13(9-14)19(20,21)22/h4,7-9,12,16H,3,5-6H2,1-2H3,(H,23,26)(H,27,28). The highest BCUT2D eigenvalue weighted by Gasteiger charge is 2.34. The van der Waals surface area contributed by atoms with Crippen molar-refractivity contribution in [2.45, 2.75) is 45.3 Å². The van der Waals surface area contributed by atoms with Crippen molar-refractivity contribution < 1.29 is 27.9 Å². The number of rotatable bonds is 5. The van der Waals surface area contributed by atoms with E-state index >= 15 is 0 Å². The number of carbonyl (C=O) groups is 2. The Morgan fingerprint density at radius 1 is 1.29 bits per heavy atom. The highest BCUT2D eigenvalue weighted by molar-refractivity contribution is 5.86. The largest absolute Gasteiger partial charge is 0.479 e. The molecule has 0 spiro atoms. The molecule has 1 heterocycles. The summed E-state index contributed by atoms with van der Waals surface area (Å²) in [5, 5.41) is 16.4. The van der Waals surface area contributed by atoms with Crippen LogP contribution in [0.1, 0.15) is 47.8 Å². The van der Waals surface area contributed by atoms with E-state index in [9.17, 15) is 27.9 Å². The zero-order chi connectivity index (χ0) is 20.6. The molecule has 3 rings (SSSR count). The van der Waals surface area contributed by atoms with E-state index in [0.717, 1.165) is 31.4 Å². The number of aryl methyl sites for hydroxylation is 1. The number of nitrogens with one attached hydrogen (secondary N) is 1. The molecule has 1 aromatic carbocycles. The summed E-state index contributed by atoms with van der Waals surface area (Å²) in [6.45, 7) is 3.14. The lowest BCUT2D eigenvalue weighted by molar-refractivity contribution is -0.143. The van der Waals surface area contributed by atoms with Gasteiger partial charge in [0.15, 0.2) is 6.04 Å².